The summed E-state index contributed by atoms with van der Waals surface area (Å²) in [6.07, 6.45) is 1.94. The van der Waals surface area contributed by atoms with Crippen LogP contribution in [0.25, 0.3) is 0 Å². The SMILES string of the molecule is CCCCN(CCBr)C(=O)c1ccc(Br)cc1F. The predicted molar refractivity (Wildman–Crippen MR) is 78.7 cm³/mol. The third-order valence-electron chi connectivity index (χ3n) is 2.58. The minimum absolute atomic E-state index is 0.134. The van der Waals surface area contributed by atoms with E-state index in [-0.39, 0.29) is 11.5 Å². The van der Waals surface area contributed by atoms with Crippen LogP contribution in [0.2, 0.25) is 0 Å². The summed E-state index contributed by atoms with van der Waals surface area (Å²) in [6.45, 7) is 3.32. The van der Waals surface area contributed by atoms with Crippen LogP contribution in [0.4, 0.5) is 4.39 Å². The van der Waals surface area contributed by atoms with Crippen molar-refractivity contribution < 1.29 is 9.18 Å². The lowest BCUT2D eigenvalue weighted by Gasteiger charge is -2.21. The van der Waals surface area contributed by atoms with Crippen molar-refractivity contribution in [1.29, 1.82) is 0 Å². The van der Waals surface area contributed by atoms with Gasteiger partial charge < -0.3 is 4.90 Å². The van der Waals surface area contributed by atoms with Crippen molar-refractivity contribution in [2.45, 2.75) is 19.8 Å². The van der Waals surface area contributed by atoms with Gasteiger partial charge in [-0.2, -0.15) is 0 Å². The highest BCUT2D eigenvalue weighted by Gasteiger charge is 2.18. The molecule has 0 aromatic heterocycles. The maximum Gasteiger partial charge on any atom is 0.256 e. The second-order valence-corrected chi connectivity index (χ2v) is 5.67. The second-order valence-electron chi connectivity index (χ2n) is 3.96. The molecule has 0 aliphatic carbocycles. The fraction of sp³-hybridized carbons (Fsp3) is 0.462. The zero-order chi connectivity index (χ0) is 13.5. The van der Waals surface area contributed by atoms with Crippen LogP contribution in [0.3, 0.4) is 0 Å². The van der Waals surface area contributed by atoms with E-state index in [9.17, 15) is 9.18 Å². The third-order valence-corrected chi connectivity index (χ3v) is 3.43. The van der Waals surface area contributed by atoms with Gasteiger partial charge in [-0.3, -0.25) is 4.79 Å². The van der Waals surface area contributed by atoms with Crippen LogP contribution >= 0.6 is 31.9 Å². The Morgan fingerprint density at radius 1 is 1.39 bits per heavy atom. The quantitative estimate of drug-likeness (QED) is 0.676. The van der Waals surface area contributed by atoms with E-state index in [1.54, 1.807) is 11.0 Å². The molecule has 0 N–H and O–H groups in total. The van der Waals surface area contributed by atoms with Crippen LogP contribution in [-0.4, -0.2) is 29.2 Å². The highest BCUT2D eigenvalue weighted by atomic mass is 79.9. The summed E-state index contributed by atoms with van der Waals surface area (Å²) in [5.41, 5.74) is 0.134. The molecule has 0 atom stereocenters. The first-order chi connectivity index (χ1) is 8.60. The van der Waals surface area contributed by atoms with Gasteiger partial charge in [-0.05, 0) is 24.6 Å². The van der Waals surface area contributed by atoms with Crippen LogP contribution in [0, 0.1) is 5.82 Å². The smallest absolute Gasteiger partial charge is 0.256 e. The Labute approximate surface area is 124 Å². The molecule has 18 heavy (non-hydrogen) atoms. The number of nitrogens with zero attached hydrogens (tertiary/aromatic N) is 1. The number of unbranched alkanes of at least 4 members (excludes halogenated alkanes) is 1. The Bertz CT molecular complexity index is 412. The average molecular weight is 381 g/mol. The summed E-state index contributed by atoms with van der Waals surface area (Å²) in [4.78, 5) is 13.9. The van der Waals surface area contributed by atoms with Crippen LogP contribution in [0.1, 0.15) is 30.1 Å². The fourth-order valence-electron chi connectivity index (χ4n) is 1.60. The van der Waals surface area contributed by atoms with Gasteiger partial charge in [0, 0.05) is 22.9 Å². The fourth-order valence-corrected chi connectivity index (χ4v) is 2.36. The van der Waals surface area contributed by atoms with Crippen molar-refractivity contribution in [3.8, 4) is 0 Å². The first-order valence-electron chi connectivity index (χ1n) is 5.90. The van der Waals surface area contributed by atoms with Crippen molar-refractivity contribution >= 4 is 37.8 Å². The molecule has 1 rings (SSSR count). The Morgan fingerprint density at radius 2 is 2.11 bits per heavy atom. The number of carbonyl (C=O) groups excluding carboxylic acids is 1. The highest BCUT2D eigenvalue weighted by molar-refractivity contribution is 9.10. The highest BCUT2D eigenvalue weighted by Crippen LogP contribution is 2.17. The molecule has 1 aromatic rings. The minimum Gasteiger partial charge on any atom is -0.338 e. The van der Waals surface area contributed by atoms with E-state index in [0.29, 0.717) is 22.9 Å². The summed E-state index contributed by atoms with van der Waals surface area (Å²) >= 11 is 6.50. The van der Waals surface area contributed by atoms with E-state index in [4.69, 9.17) is 0 Å². The van der Waals surface area contributed by atoms with Crippen LogP contribution in [-0.2, 0) is 0 Å². The normalized spacial score (nSPS) is 10.4. The van der Waals surface area contributed by atoms with E-state index < -0.39 is 5.82 Å². The number of benzene rings is 1. The van der Waals surface area contributed by atoms with Crippen LogP contribution in [0.5, 0.6) is 0 Å². The second kappa shape index (κ2) is 7.89. The lowest BCUT2D eigenvalue weighted by atomic mass is 10.1. The molecule has 0 unspecified atom stereocenters. The number of carbonyl (C=O) groups is 1. The summed E-state index contributed by atoms with van der Waals surface area (Å²) in [6, 6.07) is 4.52. The van der Waals surface area contributed by atoms with Gasteiger partial charge in [-0.25, -0.2) is 4.39 Å². The van der Waals surface area contributed by atoms with Gasteiger partial charge in [-0.1, -0.05) is 45.2 Å². The lowest BCUT2D eigenvalue weighted by Crippen LogP contribution is -2.34. The molecule has 100 valence electrons. The topological polar surface area (TPSA) is 20.3 Å². The van der Waals surface area contributed by atoms with Crippen molar-refractivity contribution in [3.63, 3.8) is 0 Å². The first-order valence-corrected chi connectivity index (χ1v) is 7.82. The molecular weight excluding hydrogens is 365 g/mol. The Hall–Kier alpha value is -0.420. The molecule has 0 saturated carbocycles. The zero-order valence-corrected chi connectivity index (χ0v) is 13.4. The van der Waals surface area contributed by atoms with Gasteiger partial charge in [0.15, 0.2) is 0 Å². The molecule has 1 amide bonds. The zero-order valence-electron chi connectivity index (χ0n) is 10.3. The third kappa shape index (κ3) is 4.35. The summed E-state index contributed by atoms with van der Waals surface area (Å²) in [5, 5.41) is 0.695. The van der Waals surface area contributed by atoms with Crippen molar-refractivity contribution in [2.24, 2.45) is 0 Å². The lowest BCUT2D eigenvalue weighted by molar-refractivity contribution is 0.0759. The molecule has 1 aromatic carbocycles. The molecule has 0 saturated heterocycles. The Morgan fingerprint density at radius 3 is 2.67 bits per heavy atom. The number of rotatable bonds is 6. The van der Waals surface area contributed by atoms with Gasteiger partial charge in [0.1, 0.15) is 5.82 Å². The minimum atomic E-state index is -0.481. The van der Waals surface area contributed by atoms with E-state index >= 15 is 0 Å². The molecule has 2 nitrogen and oxygen atoms in total. The average Bonchev–Trinajstić information content (AvgIpc) is 2.33. The molecule has 0 bridgehead atoms. The van der Waals surface area contributed by atoms with Gasteiger partial charge >= 0.3 is 0 Å². The monoisotopic (exact) mass is 379 g/mol. The van der Waals surface area contributed by atoms with Crippen molar-refractivity contribution in [1.82, 2.24) is 4.90 Å². The van der Waals surface area contributed by atoms with E-state index in [0.717, 1.165) is 12.8 Å². The standard InChI is InChI=1S/C13H16Br2FNO/c1-2-3-7-17(8-6-14)13(18)11-5-4-10(15)9-12(11)16/h4-5,9H,2-3,6-8H2,1H3. The number of alkyl halides is 1. The van der Waals surface area contributed by atoms with Crippen LogP contribution < -0.4 is 0 Å². The molecule has 5 heteroatoms. The Balaban J connectivity index is 2.87. The summed E-state index contributed by atoms with van der Waals surface area (Å²) in [5.74, 6) is -0.724. The molecule has 0 radical (unpaired) electrons. The maximum atomic E-state index is 13.7. The number of hydrogen-bond donors (Lipinski definition) is 0. The van der Waals surface area contributed by atoms with E-state index in [2.05, 4.69) is 38.8 Å². The number of halogens is 3. The van der Waals surface area contributed by atoms with Crippen molar-refractivity contribution in [3.05, 3.63) is 34.1 Å². The molecule has 0 aliphatic rings. The van der Waals surface area contributed by atoms with Gasteiger partial charge in [0.25, 0.3) is 5.91 Å². The number of amides is 1. The first kappa shape index (κ1) is 15.6. The number of hydrogen-bond acceptors (Lipinski definition) is 1. The van der Waals surface area contributed by atoms with Gasteiger partial charge in [0.2, 0.25) is 0 Å². The largest absolute Gasteiger partial charge is 0.338 e. The summed E-state index contributed by atoms with van der Waals surface area (Å²) < 4.78 is 14.4. The van der Waals surface area contributed by atoms with Gasteiger partial charge in [-0.15, -0.1) is 0 Å². The van der Waals surface area contributed by atoms with E-state index in [1.807, 2.05) is 0 Å². The molecule has 0 aliphatic heterocycles. The molecular formula is C13H16Br2FNO. The predicted octanol–water partition coefficient (Wildman–Crippen LogP) is 4.23. The van der Waals surface area contributed by atoms with E-state index in [1.165, 1.54) is 12.1 Å². The van der Waals surface area contributed by atoms with Crippen LogP contribution in [0.15, 0.2) is 22.7 Å². The summed E-state index contributed by atoms with van der Waals surface area (Å²) in [7, 11) is 0. The maximum absolute atomic E-state index is 13.7. The van der Waals surface area contributed by atoms with Gasteiger partial charge in [0.05, 0.1) is 5.56 Å². The Kier molecular flexibility index (Phi) is 6.86. The molecule has 0 spiro atoms. The molecule has 0 heterocycles. The molecule has 0 fully saturated rings. The van der Waals surface area contributed by atoms with Crippen molar-refractivity contribution in [2.75, 3.05) is 18.4 Å².